The van der Waals surface area contributed by atoms with Gasteiger partial charge in [0.15, 0.2) is 0 Å². The van der Waals surface area contributed by atoms with E-state index in [1.54, 1.807) is 0 Å². The lowest BCUT2D eigenvalue weighted by Crippen LogP contribution is -2.32. The number of ether oxygens (including phenoxy) is 1. The molecule has 1 N–H and O–H groups in total. The molecule has 112 valence electrons. The summed E-state index contributed by atoms with van der Waals surface area (Å²) in [6.07, 6.45) is 2.47. The van der Waals surface area contributed by atoms with E-state index in [0.29, 0.717) is 12.0 Å². The second-order valence-electron chi connectivity index (χ2n) is 5.68. The molecule has 1 saturated heterocycles. The van der Waals surface area contributed by atoms with Gasteiger partial charge in [-0.2, -0.15) is 0 Å². The summed E-state index contributed by atoms with van der Waals surface area (Å²) in [6, 6.07) is 6.88. The first kappa shape index (κ1) is 15.8. The van der Waals surface area contributed by atoms with Crippen LogP contribution in [0, 0.1) is 5.92 Å². The molecule has 1 aromatic rings. The van der Waals surface area contributed by atoms with Gasteiger partial charge in [-0.05, 0) is 56.5 Å². The monoisotopic (exact) mass is 340 g/mol. The van der Waals surface area contributed by atoms with Crippen molar-refractivity contribution in [3.63, 3.8) is 0 Å². The molecule has 1 heterocycles. The summed E-state index contributed by atoms with van der Waals surface area (Å²) >= 11 is 3.58. The third-order valence-electron chi connectivity index (χ3n) is 4.09. The molecule has 0 bridgehead atoms. The topological polar surface area (TPSA) is 24.5 Å². The number of nitrogens with zero attached hydrogens (tertiary/aromatic N) is 1. The van der Waals surface area contributed by atoms with Gasteiger partial charge >= 0.3 is 0 Å². The molecule has 0 aliphatic carbocycles. The summed E-state index contributed by atoms with van der Waals surface area (Å²) in [4.78, 5) is 2.37. The molecular formula is C16H25BrN2O. The molecule has 4 heteroatoms. The highest BCUT2D eigenvalue weighted by Gasteiger charge is 2.19. The highest BCUT2D eigenvalue weighted by molar-refractivity contribution is 9.10. The highest BCUT2D eigenvalue weighted by atomic mass is 79.9. The minimum absolute atomic E-state index is 0.340. The summed E-state index contributed by atoms with van der Waals surface area (Å²) in [5.74, 6) is 0.648. The Morgan fingerprint density at radius 2 is 2.30 bits per heavy atom. The number of nitrogens with one attached hydrogen (secondary N) is 1. The van der Waals surface area contributed by atoms with E-state index in [2.05, 4.69) is 58.3 Å². The first-order valence-electron chi connectivity index (χ1n) is 7.37. The second kappa shape index (κ2) is 7.43. The largest absolute Gasteiger partial charge is 0.381 e. The lowest BCUT2D eigenvalue weighted by atomic mass is 10.00. The lowest BCUT2D eigenvalue weighted by Gasteiger charge is -2.30. The molecule has 0 saturated carbocycles. The van der Waals surface area contributed by atoms with Crippen molar-refractivity contribution in [2.45, 2.75) is 25.8 Å². The lowest BCUT2D eigenvalue weighted by molar-refractivity contribution is 0.0576. The van der Waals surface area contributed by atoms with Crippen LogP contribution in [0.2, 0.25) is 0 Å². The molecule has 2 unspecified atom stereocenters. The van der Waals surface area contributed by atoms with E-state index >= 15 is 0 Å². The minimum atomic E-state index is 0.340. The number of benzene rings is 1. The third-order valence-corrected chi connectivity index (χ3v) is 4.58. The highest BCUT2D eigenvalue weighted by Crippen LogP contribution is 2.30. The van der Waals surface area contributed by atoms with Gasteiger partial charge in [0.1, 0.15) is 0 Å². The normalized spacial score (nSPS) is 20.7. The summed E-state index contributed by atoms with van der Waals surface area (Å²) in [5, 5.41) is 3.34. The fourth-order valence-corrected chi connectivity index (χ4v) is 3.19. The van der Waals surface area contributed by atoms with Crippen molar-refractivity contribution < 1.29 is 4.74 Å². The Bertz CT molecular complexity index is 432. The van der Waals surface area contributed by atoms with Crippen LogP contribution >= 0.6 is 15.9 Å². The summed E-state index contributed by atoms with van der Waals surface area (Å²) in [6.45, 7) is 5.09. The van der Waals surface area contributed by atoms with E-state index < -0.39 is 0 Å². The van der Waals surface area contributed by atoms with Gasteiger partial charge in [-0.3, -0.25) is 0 Å². The van der Waals surface area contributed by atoms with Crippen LogP contribution in [0.3, 0.4) is 0 Å². The van der Waals surface area contributed by atoms with Gasteiger partial charge in [-0.25, -0.2) is 0 Å². The zero-order chi connectivity index (χ0) is 14.5. The van der Waals surface area contributed by atoms with Crippen LogP contribution in [0.4, 0.5) is 5.69 Å². The zero-order valence-corrected chi connectivity index (χ0v) is 14.2. The van der Waals surface area contributed by atoms with Gasteiger partial charge in [0.25, 0.3) is 0 Å². The van der Waals surface area contributed by atoms with Crippen LogP contribution in [-0.2, 0) is 4.74 Å². The zero-order valence-electron chi connectivity index (χ0n) is 12.7. The van der Waals surface area contributed by atoms with Crippen molar-refractivity contribution in [2.24, 2.45) is 5.92 Å². The van der Waals surface area contributed by atoms with Crippen molar-refractivity contribution in [1.82, 2.24) is 5.32 Å². The molecule has 2 rings (SSSR count). The van der Waals surface area contributed by atoms with Crippen molar-refractivity contribution in [2.75, 3.05) is 38.8 Å². The molecular weight excluding hydrogens is 316 g/mol. The Labute approximate surface area is 130 Å². The Hall–Kier alpha value is -0.580. The molecule has 3 nitrogen and oxygen atoms in total. The fraction of sp³-hybridized carbons (Fsp3) is 0.625. The summed E-state index contributed by atoms with van der Waals surface area (Å²) in [7, 11) is 4.19. The van der Waals surface area contributed by atoms with Crippen molar-refractivity contribution in [3.05, 3.63) is 28.2 Å². The fourth-order valence-electron chi connectivity index (χ4n) is 2.81. The Balaban J connectivity index is 2.13. The van der Waals surface area contributed by atoms with Crippen LogP contribution in [0.1, 0.15) is 31.4 Å². The number of hydrogen-bond acceptors (Lipinski definition) is 3. The Kier molecular flexibility index (Phi) is 5.87. The third kappa shape index (κ3) is 3.96. The van der Waals surface area contributed by atoms with E-state index in [-0.39, 0.29) is 0 Å². The molecule has 2 atom stereocenters. The molecule has 1 fully saturated rings. The first-order valence-corrected chi connectivity index (χ1v) is 8.16. The minimum Gasteiger partial charge on any atom is -0.381 e. The van der Waals surface area contributed by atoms with Gasteiger partial charge in [-0.1, -0.05) is 15.9 Å². The van der Waals surface area contributed by atoms with E-state index in [0.717, 1.165) is 24.2 Å². The SMILES string of the molecule is CNC(C)c1cc(Br)ccc1N(C)CC1CCCOC1. The van der Waals surface area contributed by atoms with E-state index in [9.17, 15) is 0 Å². The molecule has 0 radical (unpaired) electrons. The molecule has 1 aliphatic heterocycles. The van der Waals surface area contributed by atoms with Gasteiger partial charge in [0.2, 0.25) is 0 Å². The van der Waals surface area contributed by atoms with E-state index in [4.69, 9.17) is 4.74 Å². The van der Waals surface area contributed by atoms with E-state index in [1.165, 1.54) is 24.1 Å². The Morgan fingerprint density at radius 1 is 1.50 bits per heavy atom. The maximum absolute atomic E-state index is 5.59. The predicted molar refractivity (Wildman–Crippen MR) is 88.4 cm³/mol. The van der Waals surface area contributed by atoms with Crippen molar-refractivity contribution >= 4 is 21.6 Å². The molecule has 0 spiro atoms. The average Bonchev–Trinajstić information content (AvgIpc) is 2.47. The molecule has 1 aromatic carbocycles. The predicted octanol–water partition coefficient (Wildman–Crippen LogP) is 3.59. The molecule has 20 heavy (non-hydrogen) atoms. The van der Waals surface area contributed by atoms with Gasteiger partial charge in [-0.15, -0.1) is 0 Å². The number of hydrogen-bond donors (Lipinski definition) is 1. The van der Waals surface area contributed by atoms with Crippen molar-refractivity contribution in [1.29, 1.82) is 0 Å². The second-order valence-corrected chi connectivity index (χ2v) is 6.59. The molecule has 1 aliphatic rings. The first-order chi connectivity index (χ1) is 9.61. The molecule has 0 aromatic heterocycles. The maximum Gasteiger partial charge on any atom is 0.0511 e. The summed E-state index contributed by atoms with van der Waals surface area (Å²) in [5.41, 5.74) is 2.64. The van der Waals surface area contributed by atoms with Crippen LogP contribution in [0.15, 0.2) is 22.7 Å². The van der Waals surface area contributed by atoms with E-state index in [1.807, 2.05) is 7.05 Å². The molecule has 0 amide bonds. The quantitative estimate of drug-likeness (QED) is 0.886. The maximum atomic E-state index is 5.59. The average molecular weight is 341 g/mol. The smallest absolute Gasteiger partial charge is 0.0511 e. The van der Waals surface area contributed by atoms with Gasteiger partial charge in [0, 0.05) is 36.4 Å². The van der Waals surface area contributed by atoms with Gasteiger partial charge in [0.05, 0.1) is 6.61 Å². The van der Waals surface area contributed by atoms with Crippen LogP contribution in [-0.4, -0.2) is 33.9 Å². The van der Waals surface area contributed by atoms with Gasteiger partial charge < -0.3 is 15.0 Å². The standard InChI is InChI=1S/C16H25BrN2O/c1-12(18-2)15-9-14(17)6-7-16(15)19(3)10-13-5-4-8-20-11-13/h6-7,9,12-13,18H,4-5,8,10-11H2,1-3H3. The summed E-state index contributed by atoms with van der Waals surface area (Å²) < 4.78 is 6.72. The van der Waals surface area contributed by atoms with Crippen LogP contribution < -0.4 is 10.2 Å². The Morgan fingerprint density at radius 3 is 2.95 bits per heavy atom. The number of rotatable bonds is 5. The van der Waals surface area contributed by atoms with Crippen LogP contribution in [0.5, 0.6) is 0 Å². The van der Waals surface area contributed by atoms with Crippen LogP contribution in [0.25, 0.3) is 0 Å². The number of anilines is 1. The number of halogens is 1. The van der Waals surface area contributed by atoms with Crippen molar-refractivity contribution in [3.8, 4) is 0 Å².